The van der Waals surface area contributed by atoms with Crippen LogP contribution in [0.2, 0.25) is 0 Å². The number of aromatic amines is 1. The van der Waals surface area contributed by atoms with E-state index in [1.165, 1.54) is 0 Å². The SMILES string of the molecule is NCc1nccc(Nc2ccc3oc(=O)[nH]c3c2)n1. The van der Waals surface area contributed by atoms with Crippen LogP contribution in [0.3, 0.4) is 0 Å². The predicted molar refractivity (Wildman–Crippen MR) is 70.0 cm³/mol. The fraction of sp³-hybridized carbons (Fsp3) is 0.0833. The minimum atomic E-state index is -0.473. The van der Waals surface area contributed by atoms with Crippen molar-refractivity contribution in [3.63, 3.8) is 0 Å². The quantitative estimate of drug-likeness (QED) is 0.648. The fourth-order valence-corrected chi connectivity index (χ4v) is 1.74. The smallest absolute Gasteiger partial charge is 0.408 e. The molecule has 0 unspecified atom stereocenters. The second-order valence-corrected chi connectivity index (χ2v) is 3.91. The molecular formula is C12H11N5O2. The Bertz CT molecular complexity index is 777. The van der Waals surface area contributed by atoms with Crippen LogP contribution < -0.4 is 16.8 Å². The highest BCUT2D eigenvalue weighted by Gasteiger charge is 2.03. The summed E-state index contributed by atoms with van der Waals surface area (Å²) in [6, 6.07) is 7.01. The lowest BCUT2D eigenvalue weighted by atomic mass is 10.3. The Kier molecular flexibility index (Phi) is 2.73. The Morgan fingerprint density at radius 2 is 2.26 bits per heavy atom. The van der Waals surface area contributed by atoms with E-state index in [9.17, 15) is 4.79 Å². The zero-order chi connectivity index (χ0) is 13.2. The molecule has 7 heteroatoms. The van der Waals surface area contributed by atoms with E-state index < -0.39 is 5.76 Å². The van der Waals surface area contributed by atoms with Crippen LogP contribution in [0, 0.1) is 0 Å². The van der Waals surface area contributed by atoms with E-state index in [4.69, 9.17) is 10.2 Å². The number of benzene rings is 1. The highest BCUT2D eigenvalue weighted by molar-refractivity contribution is 5.78. The van der Waals surface area contributed by atoms with E-state index in [0.29, 0.717) is 22.7 Å². The van der Waals surface area contributed by atoms with Gasteiger partial charge in [-0.05, 0) is 24.3 Å². The summed E-state index contributed by atoms with van der Waals surface area (Å²) in [5.41, 5.74) is 7.41. The number of oxazole rings is 1. The van der Waals surface area contributed by atoms with Crippen molar-refractivity contribution >= 4 is 22.6 Å². The van der Waals surface area contributed by atoms with E-state index in [1.807, 2.05) is 0 Å². The van der Waals surface area contributed by atoms with Gasteiger partial charge in [-0.3, -0.25) is 4.98 Å². The molecule has 0 atom stereocenters. The number of H-pyrrole nitrogens is 1. The van der Waals surface area contributed by atoms with Gasteiger partial charge in [0.05, 0.1) is 12.1 Å². The maximum Gasteiger partial charge on any atom is 0.417 e. The van der Waals surface area contributed by atoms with Gasteiger partial charge in [0, 0.05) is 11.9 Å². The average Bonchev–Trinajstić information content (AvgIpc) is 2.78. The molecule has 2 aromatic heterocycles. The van der Waals surface area contributed by atoms with Crippen molar-refractivity contribution in [1.82, 2.24) is 15.0 Å². The van der Waals surface area contributed by atoms with Gasteiger partial charge in [-0.2, -0.15) is 0 Å². The average molecular weight is 257 g/mol. The van der Waals surface area contributed by atoms with Gasteiger partial charge in [0.2, 0.25) is 0 Å². The molecule has 0 spiro atoms. The topological polar surface area (TPSA) is 110 Å². The van der Waals surface area contributed by atoms with Gasteiger partial charge in [0.15, 0.2) is 5.58 Å². The van der Waals surface area contributed by atoms with Crippen LogP contribution in [-0.4, -0.2) is 15.0 Å². The first-order valence-electron chi connectivity index (χ1n) is 5.66. The van der Waals surface area contributed by atoms with Crippen LogP contribution in [0.15, 0.2) is 39.7 Å². The van der Waals surface area contributed by atoms with Gasteiger partial charge in [-0.15, -0.1) is 0 Å². The number of rotatable bonds is 3. The van der Waals surface area contributed by atoms with Crippen molar-refractivity contribution in [2.75, 3.05) is 5.32 Å². The fourth-order valence-electron chi connectivity index (χ4n) is 1.74. The lowest BCUT2D eigenvalue weighted by Crippen LogP contribution is -2.04. The van der Waals surface area contributed by atoms with Crippen LogP contribution in [0.1, 0.15) is 5.82 Å². The molecule has 1 aromatic carbocycles. The van der Waals surface area contributed by atoms with Crippen LogP contribution >= 0.6 is 0 Å². The van der Waals surface area contributed by atoms with E-state index in [0.717, 1.165) is 5.69 Å². The Balaban J connectivity index is 1.93. The second-order valence-electron chi connectivity index (χ2n) is 3.91. The maximum atomic E-state index is 11.1. The van der Waals surface area contributed by atoms with Crippen molar-refractivity contribution in [1.29, 1.82) is 0 Å². The standard InChI is InChI=1S/C12H11N5O2/c13-6-11-14-4-3-10(17-11)15-7-1-2-9-8(5-7)16-12(18)19-9/h1-5H,6,13H2,(H,16,18)(H,14,15,17). The molecule has 4 N–H and O–H groups in total. The maximum absolute atomic E-state index is 11.1. The number of anilines is 2. The molecule has 0 bridgehead atoms. The monoisotopic (exact) mass is 257 g/mol. The van der Waals surface area contributed by atoms with Gasteiger partial charge in [-0.1, -0.05) is 0 Å². The Morgan fingerprint density at radius 3 is 3.11 bits per heavy atom. The first-order valence-corrected chi connectivity index (χ1v) is 5.66. The highest BCUT2D eigenvalue weighted by Crippen LogP contribution is 2.19. The van der Waals surface area contributed by atoms with Crippen molar-refractivity contribution in [2.24, 2.45) is 5.73 Å². The van der Waals surface area contributed by atoms with Gasteiger partial charge >= 0.3 is 5.76 Å². The minimum Gasteiger partial charge on any atom is -0.408 e. The molecule has 0 aliphatic rings. The van der Waals surface area contributed by atoms with E-state index in [2.05, 4.69) is 20.3 Å². The van der Waals surface area contributed by atoms with Crippen LogP contribution in [0.25, 0.3) is 11.1 Å². The molecule has 0 saturated carbocycles. The van der Waals surface area contributed by atoms with Crippen LogP contribution in [0.4, 0.5) is 11.5 Å². The normalized spacial score (nSPS) is 10.8. The Labute approximate surface area is 107 Å². The van der Waals surface area contributed by atoms with Crippen LogP contribution in [-0.2, 0) is 6.54 Å². The van der Waals surface area contributed by atoms with E-state index >= 15 is 0 Å². The molecule has 3 aromatic rings. The Morgan fingerprint density at radius 1 is 1.37 bits per heavy atom. The molecule has 0 amide bonds. The summed E-state index contributed by atoms with van der Waals surface area (Å²) in [5, 5.41) is 3.11. The lowest BCUT2D eigenvalue weighted by molar-refractivity contribution is 0.555. The molecule has 7 nitrogen and oxygen atoms in total. The summed E-state index contributed by atoms with van der Waals surface area (Å²) < 4.78 is 4.93. The number of hydrogen-bond acceptors (Lipinski definition) is 6. The highest BCUT2D eigenvalue weighted by atomic mass is 16.4. The molecule has 2 heterocycles. The van der Waals surface area contributed by atoms with Gasteiger partial charge in [0.25, 0.3) is 0 Å². The number of nitrogens with two attached hydrogens (primary N) is 1. The molecule has 96 valence electrons. The molecule has 19 heavy (non-hydrogen) atoms. The van der Waals surface area contributed by atoms with Crippen molar-refractivity contribution in [3.05, 3.63) is 46.8 Å². The third-order valence-electron chi connectivity index (χ3n) is 2.58. The largest absolute Gasteiger partial charge is 0.417 e. The first-order chi connectivity index (χ1) is 9.24. The summed E-state index contributed by atoms with van der Waals surface area (Å²) in [5.74, 6) is 0.725. The number of aromatic nitrogens is 3. The molecule has 0 radical (unpaired) electrons. The molecular weight excluding hydrogens is 246 g/mol. The Hall–Kier alpha value is -2.67. The summed E-state index contributed by atoms with van der Waals surface area (Å²) in [7, 11) is 0. The van der Waals surface area contributed by atoms with Crippen molar-refractivity contribution < 1.29 is 4.42 Å². The molecule has 0 saturated heterocycles. The number of nitrogens with zero attached hydrogens (tertiary/aromatic N) is 2. The minimum absolute atomic E-state index is 0.281. The first kappa shape index (κ1) is 11.4. The molecule has 3 rings (SSSR count). The third kappa shape index (κ3) is 2.31. The van der Waals surface area contributed by atoms with Crippen LogP contribution in [0.5, 0.6) is 0 Å². The lowest BCUT2D eigenvalue weighted by Gasteiger charge is -2.05. The van der Waals surface area contributed by atoms with E-state index in [-0.39, 0.29) is 6.54 Å². The third-order valence-corrected chi connectivity index (χ3v) is 2.58. The summed E-state index contributed by atoms with van der Waals surface area (Å²) in [6.07, 6.45) is 1.63. The summed E-state index contributed by atoms with van der Waals surface area (Å²) in [4.78, 5) is 21.9. The zero-order valence-electron chi connectivity index (χ0n) is 9.88. The molecule has 0 aliphatic carbocycles. The second kappa shape index (κ2) is 4.54. The number of fused-ring (bicyclic) bond motifs is 1. The summed E-state index contributed by atoms with van der Waals surface area (Å²) in [6.45, 7) is 0.281. The van der Waals surface area contributed by atoms with Crippen molar-refractivity contribution in [3.8, 4) is 0 Å². The van der Waals surface area contributed by atoms with Gasteiger partial charge in [-0.25, -0.2) is 14.8 Å². The number of nitrogens with one attached hydrogen (secondary N) is 2. The van der Waals surface area contributed by atoms with Gasteiger partial charge in [0.1, 0.15) is 11.6 Å². The number of hydrogen-bond donors (Lipinski definition) is 3. The molecule has 0 aliphatic heterocycles. The summed E-state index contributed by atoms with van der Waals surface area (Å²) >= 11 is 0. The van der Waals surface area contributed by atoms with Gasteiger partial charge < -0.3 is 15.5 Å². The zero-order valence-corrected chi connectivity index (χ0v) is 9.88. The molecule has 0 fully saturated rings. The predicted octanol–water partition coefficient (Wildman–Crippen LogP) is 1.11. The van der Waals surface area contributed by atoms with Crippen molar-refractivity contribution in [2.45, 2.75) is 6.54 Å². The van der Waals surface area contributed by atoms with E-state index in [1.54, 1.807) is 30.5 Å².